The Hall–Kier alpha value is -2.50. The number of nitrogens with two attached hydrogens (primary N) is 1. The van der Waals surface area contributed by atoms with E-state index in [-0.39, 0.29) is 5.56 Å². The molecule has 2 rings (SSSR count). The minimum atomic E-state index is -4.42. The van der Waals surface area contributed by atoms with E-state index < -0.39 is 17.6 Å². The highest BCUT2D eigenvalue weighted by atomic mass is 19.4. The average Bonchev–Trinajstić information content (AvgIpc) is 2.42. The largest absolute Gasteiger partial charge is 0.416 e. The van der Waals surface area contributed by atoms with Crippen molar-refractivity contribution < 1.29 is 18.0 Å². The van der Waals surface area contributed by atoms with Crippen LogP contribution in [0.1, 0.15) is 21.5 Å². The molecule has 0 radical (unpaired) electrons. The summed E-state index contributed by atoms with van der Waals surface area (Å²) < 4.78 is 37.4. The van der Waals surface area contributed by atoms with Crippen molar-refractivity contribution in [3.05, 3.63) is 59.2 Å². The first-order valence-corrected chi connectivity index (χ1v) is 6.12. The van der Waals surface area contributed by atoms with E-state index in [4.69, 9.17) is 5.73 Å². The van der Waals surface area contributed by atoms with Crippen LogP contribution in [0.25, 0.3) is 0 Å². The van der Waals surface area contributed by atoms with E-state index in [0.717, 1.165) is 29.8 Å². The number of halogens is 3. The number of hydrogen-bond donors (Lipinski definition) is 2. The highest BCUT2D eigenvalue weighted by Crippen LogP contribution is 2.29. The Labute approximate surface area is 119 Å². The first-order chi connectivity index (χ1) is 9.77. The van der Waals surface area contributed by atoms with Gasteiger partial charge in [-0.1, -0.05) is 6.07 Å². The second-order valence-corrected chi connectivity index (χ2v) is 4.60. The Bertz CT molecular complexity index is 664. The molecule has 0 unspecified atom stereocenters. The van der Waals surface area contributed by atoms with E-state index in [1.807, 2.05) is 0 Å². The monoisotopic (exact) mass is 294 g/mol. The molecular formula is C15H13F3N2O. The summed E-state index contributed by atoms with van der Waals surface area (Å²) in [5.41, 5.74) is 6.81. The second kappa shape index (κ2) is 5.47. The number of alkyl halides is 3. The van der Waals surface area contributed by atoms with Crippen LogP contribution in [0.15, 0.2) is 42.5 Å². The van der Waals surface area contributed by atoms with Gasteiger partial charge in [0.2, 0.25) is 0 Å². The minimum Gasteiger partial charge on any atom is -0.399 e. The molecule has 0 atom stereocenters. The number of anilines is 2. The summed E-state index contributed by atoms with van der Waals surface area (Å²) in [6.07, 6.45) is -4.42. The predicted molar refractivity (Wildman–Crippen MR) is 75.0 cm³/mol. The number of amides is 1. The molecule has 0 heterocycles. The van der Waals surface area contributed by atoms with Crippen LogP contribution in [0.3, 0.4) is 0 Å². The summed E-state index contributed by atoms with van der Waals surface area (Å²) in [4.78, 5) is 12.0. The molecule has 2 aromatic rings. The molecule has 110 valence electrons. The maximum absolute atomic E-state index is 12.5. The van der Waals surface area contributed by atoms with E-state index in [1.165, 1.54) is 0 Å². The molecule has 0 aromatic heterocycles. The Kier molecular flexibility index (Phi) is 3.88. The Balaban J connectivity index is 2.19. The lowest BCUT2D eigenvalue weighted by molar-refractivity contribution is -0.137. The van der Waals surface area contributed by atoms with Gasteiger partial charge in [0.05, 0.1) is 5.56 Å². The van der Waals surface area contributed by atoms with Crippen molar-refractivity contribution in [2.45, 2.75) is 13.1 Å². The fourth-order valence-corrected chi connectivity index (χ4v) is 1.78. The van der Waals surface area contributed by atoms with E-state index in [9.17, 15) is 18.0 Å². The van der Waals surface area contributed by atoms with E-state index in [2.05, 4.69) is 5.32 Å². The number of nitrogens with one attached hydrogen (secondary N) is 1. The van der Waals surface area contributed by atoms with Crippen LogP contribution < -0.4 is 11.1 Å². The van der Waals surface area contributed by atoms with Crippen LogP contribution in [-0.2, 0) is 6.18 Å². The van der Waals surface area contributed by atoms with Gasteiger partial charge < -0.3 is 11.1 Å². The Morgan fingerprint density at radius 3 is 2.29 bits per heavy atom. The summed E-state index contributed by atoms with van der Waals surface area (Å²) in [7, 11) is 0. The van der Waals surface area contributed by atoms with Crippen LogP contribution in [-0.4, -0.2) is 5.91 Å². The van der Waals surface area contributed by atoms with E-state index in [0.29, 0.717) is 11.4 Å². The molecule has 3 N–H and O–H groups in total. The third-order valence-electron chi connectivity index (χ3n) is 2.98. The van der Waals surface area contributed by atoms with Gasteiger partial charge in [0.15, 0.2) is 0 Å². The zero-order chi connectivity index (χ0) is 15.6. The third-order valence-corrected chi connectivity index (χ3v) is 2.98. The maximum atomic E-state index is 12.5. The van der Waals surface area contributed by atoms with Gasteiger partial charge in [0.25, 0.3) is 5.91 Å². The number of carbonyl (C=O) groups excluding carboxylic acids is 1. The molecule has 0 aliphatic carbocycles. The zero-order valence-corrected chi connectivity index (χ0v) is 11.2. The number of benzene rings is 2. The molecule has 0 saturated heterocycles. The normalized spacial score (nSPS) is 11.2. The van der Waals surface area contributed by atoms with Gasteiger partial charge in [-0.15, -0.1) is 0 Å². The van der Waals surface area contributed by atoms with Gasteiger partial charge in [-0.2, -0.15) is 13.2 Å². The van der Waals surface area contributed by atoms with Crippen molar-refractivity contribution >= 4 is 17.3 Å². The topological polar surface area (TPSA) is 55.1 Å². The maximum Gasteiger partial charge on any atom is 0.416 e. The number of carbonyl (C=O) groups is 1. The predicted octanol–water partition coefficient (Wildman–Crippen LogP) is 3.85. The first kappa shape index (κ1) is 14.9. The Morgan fingerprint density at radius 2 is 1.71 bits per heavy atom. The van der Waals surface area contributed by atoms with Crippen LogP contribution >= 0.6 is 0 Å². The molecule has 0 aliphatic rings. The third kappa shape index (κ3) is 3.53. The van der Waals surface area contributed by atoms with Gasteiger partial charge >= 0.3 is 6.18 Å². The van der Waals surface area contributed by atoms with Gasteiger partial charge in [0.1, 0.15) is 0 Å². The molecule has 0 bridgehead atoms. The highest BCUT2D eigenvalue weighted by Gasteiger charge is 2.30. The number of aryl methyl sites for hydroxylation is 1. The van der Waals surface area contributed by atoms with Gasteiger partial charge in [0, 0.05) is 16.9 Å². The fourth-order valence-electron chi connectivity index (χ4n) is 1.78. The van der Waals surface area contributed by atoms with Crippen molar-refractivity contribution in [3.63, 3.8) is 0 Å². The fraction of sp³-hybridized carbons (Fsp3) is 0.133. The van der Waals surface area contributed by atoms with Crippen molar-refractivity contribution in [1.29, 1.82) is 0 Å². The zero-order valence-electron chi connectivity index (χ0n) is 11.2. The van der Waals surface area contributed by atoms with Crippen molar-refractivity contribution in [2.24, 2.45) is 0 Å². The number of rotatable bonds is 2. The van der Waals surface area contributed by atoms with Crippen LogP contribution in [0.4, 0.5) is 24.5 Å². The first-order valence-electron chi connectivity index (χ1n) is 6.12. The minimum absolute atomic E-state index is 0.143. The molecule has 3 nitrogen and oxygen atoms in total. The smallest absolute Gasteiger partial charge is 0.399 e. The molecule has 0 saturated carbocycles. The van der Waals surface area contributed by atoms with E-state index >= 15 is 0 Å². The summed E-state index contributed by atoms with van der Waals surface area (Å²) in [6.45, 7) is 1.79. The molecule has 2 aromatic carbocycles. The summed E-state index contributed by atoms with van der Waals surface area (Å²) in [6, 6.07) is 9.07. The average molecular weight is 294 g/mol. The van der Waals surface area contributed by atoms with Crippen molar-refractivity contribution in [3.8, 4) is 0 Å². The molecule has 0 fully saturated rings. The molecule has 0 spiro atoms. The number of hydrogen-bond acceptors (Lipinski definition) is 2. The molecule has 6 heteroatoms. The molecular weight excluding hydrogens is 281 g/mol. The molecule has 1 amide bonds. The highest BCUT2D eigenvalue weighted by molar-refractivity contribution is 6.04. The second-order valence-electron chi connectivity index (χ2n) is 4.60. The molecule has 21 heavy (non-hydrogen) atoms. The van der Waals surface area contributed by atoms with Crippen molar-refractivity contribution in [1.82, 2.24) is 0 Å². The van der Waals surface area contributed by atoms with Gasteiger partial charge in [-0.25, -0.2) is 0 Å². The van der Waals surface area contributed by atoms with Crippen LogP contribution in [0.2, 0.25) is 0 Å². The summed E-state index contributed by atoms with van der Waals surface area (Å²) >= 11 is 0. The van der Waals surface area contributed by atoms with Gasteiger partial charge in [-0.05, 0) is 48.9 Å². The lowest BCUT2D eigenvalue weighted by Gasteiger charge is -2.10. The van der Waals surface area contributed by atoms with Crippen LogP contribution in [0.5, 0.6) is 0 Å². The van der Waals surface area contributed by atoms with Crippen LogP contribution in [0, 0.1) is 6.92 Å². The lowest BCUT2D eigenvalue weighted by Crippen LogP contribution is -2.13. The lowest BCUT2D eigenvalue weighted by atomic mass is 10.1. The van der Waals surface area contributed by atoms with Gasteiger partial charge in [-0.3, -0.25) is 4.79 Å². The van der Waals surface area contributed by atoms with Crippen molar-refractivity contribution in [2.75, 3.05) is 11.1 Å². The SMILES string of the molecule is Cc1ccc(N)cc1NC(=O)c1ccc(C(F)(F)F)cc1. The summed E-state index contributed by atoms with van der Waals surface area (Å²) in [5.74, 6) is -0.488. The molecule has 0 aliphatic heterocycles. The summed E-state index contributed by atoms with van der Waals surface area (Å²) in [5, 5.41) is 2.63. The Morgan fingerprint density at radius 1 is 1.10 bits per heavy atom. The number of nitrogen functional groups attached to an aromatic ring is 1. The standard InChI is InChI=1S/C15H13F3N2O/c1-9-2-7-12(19)8-13(9)20-14(21)10-3-5-11(6-4-10)15(16,17)18/h2-8H,19H2,1H3,(H,20,21). The quantitative estimate of drug-likeness (QED) is 0.827. The van der Waals surface area contributed by atoms with E-state index in [1.54, 1.807) is 25.1 Å².